The molecule has 2 unspecified atom stereocenters. The zero-order valence-electron chi connectivity index (χ0n) is 6.77. The average molecular weight is 164 g/mol. The van der Waals surface area contributed by atoms with Crippen LogP contribution >= 0.6 is 0 Å². The van der Waals surface area contributed by atoms with Gasteiger partial charge in [-0.2, -0.15) is 0 Å². The van der Waals surface area contributed by atoms with E-state index in [0.29, 0.717) is 18.6 Å². The summed E-state index contributed by atoms with van der Waals surface area (Å²) >= 11 is 0. The van der Waals surface area contributed by atoms with Gasteiger partial charge in [-0.05, 0) is 18.6 Å². The van der Waals surface area contributed by atoms with Crippen molar-refractivity contribution in [1.29, 1.82) is 0 Å². The van der Waals surface area contributed by atoms with Gasteiger partial charge in [-0.15, -0.1) is 0 Å². The highest BCUT2D eigenvalue weighted by Crippen LogP contribution is 2.32. The number of aromatic nitrogens is 1. The minimum atomic E-state index is 0.294. The maximum atomic E-state index is 8.80. The van der Waals surface area contributed by atoms with Crippen LogP contribution in [-0.4, -0.2) is 22.7 Å². The molecule has 2 rings (SSSR count). The van der Waals surface area contributed by atoms with Crippen LogP contribution in [0.3, 0.4) is 0 Å². The molecule has 0 radical (unpaired) electrons. The van der Waals surface area contributed by atoms with E-state index in [1.54, 1.807) is 12.4 Å². The molecule has 2 atom stereocenters. The Morgan fingerprint density at radius 3 is 2.83 bits per heavy atom. The molecule has 1 aliphatic carbocycles. The molecule has 1 aromatic heterocycles. The van der Waals surface area contributed by atoms with Crippen molar-refractivity contribution >= 4 is 5.69 Å². The highest BCUT2D eigenvalue weighted by molar-refractivity contribution is 5.43. The van der Waals surface area contributed by atoms with Crippen molar-refractivity contribution in [3.05, 3.63) is 24.5 Å². The summed E-state index contributed by atoms with van der Waals surface area (Å²) in [7, 11) is 0. The monoisotopic (exact) mass is 164 g/mol. The molecule has 0 bridgehead atoms. The molecule has 2 N–H and O–H groups in total. The highest BCUT2D eigenvalue weighted by Gasteiger charge is 2.36. The van der Waals surface area contributed by atoms with E-state index in [2.05, 4.69) is 10.3 Å². The molecule has 0 aliphatic heterocycles. The van der Waals surface area contributed by atoms with E-state index in [1.807, 2.05) is 12.1 Å². The second-order valence-electron chi connectivity index (χ2n) is 3.17. The first-order chi connectivity index (χ1) is 5.90. The standard InChI is InChI=1S/C9H12N2O/c12-6-7-5-9(7)11-8-1-3-10-4-2-8/h1-4,7,9,12H,5-6H2,(H,10,11). The third-order valence-electron chi connectivity index (χ3n) is 2.19. The summed E-state index contributed by atoms with van der Waals surface area (Å²) in [5.41, 5.74) is 1.09. The fraction of sp³-hybridized carbons (Fsp3) is 0.444. The zero-order valence-corrected chi connectivity index (χ0v) is 6.77. The number of hydrogen-bond donors (Lipinski definition) is 2. The summed E-state index contributed by atoms with van der Waals surface area (Å²) in [4.78, 5) is 3.92. The zero-order chi connectivity index (χ0) is 8.39. The number of aliphatic hydroxyl groups is 1. The van der Waals surface area contributed by atoms with Crippen LogP contribution in [0.15, 0.2) is 24.5 Å². The lowest BCUT2D eigenvalue weighted by molar-refractivity contribution is 0.275. The van der Waals surface area contributed by atoms with Gasteiger partial charge in [0.2, 0.25) is 0 Å². The molecule has 1 saturated carbocycles. The molecule has 1 aliphatic rings. The molecule has 64 valence electrons. The van der Waals surface area contributed by atoms with E-state index in [9.17, 15) is 0 Å². The van der Waals surface area contributed by atoms with E-state index >= 15 is 0 Å². The largest absolute Gasteiger partial charge is 0.396 e. The van der Waals surface area contributed by atoms with E-state index in [0.717, 1.165) is 12.1 Å². The first kappa shape index (κ1) is 7.55. The van der Waals surface area contributed by atoms with Crippen LogP contribution in [0, 0.1) is 5.92 Å². The van der Waals surface area contributed by atoms with Gasteiger partial charge in [0.05, 0.1) is 0 Å². The van der Waals surface area contributed by atoms with Gasteiger partial charge in [0.1, 0.15) is 0 Å². The summed E-state index contributed by atoms with van der Waals surface area (Å²) in [5, 5.41) is 12.1. The summed E-state index contributed by atoms with van der Waals surface area (Å²) in [6.07, 6.45) is 4.61. The van der Waals surface area contributed by atoms with Crippen molar-refractivity contribution < 1.29 is 5.11 Å². The second kappa shape index (κ2) is 3.11. The molecule has 0 aromatic carbocycles. The maximum absolute atomic E-state index is 8.80. The molecule has 0 saturated heterocycles. The number of anilines is 1. The van der Waals surface area contributed by atoms with Crippen molar-refractivity contribution in [3.8, 4) is 0 Å². The predicted octanol–water partition coefficient (Wildman–Crippen LogP) is 0.874. The summed E-state index contributed by atoms with van der Waals surface area (Å²) in [6, 6.07) is 4.34. The average Bonchev–Trinajstić information content (AvgIpc) is 2.85. The van der Waals surface area contributed by atoms with E-state index in [-0.39, 0.29) is 0 Å². The van der Waals surface area contributed by atoms with Crippen molar-refractivity contribution in [2.45, 2.75) is 12.5 Å². The molecule has 0 spiro atoms. The SMILES string of the molecule is OCC1CC1Nc1ccncc1. The fourth-order valence-electron chi connectivity index (χ4n) is 1.29. The molecule has 3 heteroatoms. The van der Waals surface area contributed by atoms with Gasteiger partial charge in [0.25, 0.3) is 0 Å². The van der Waals surface area contributed by atoms with Gasteiger partial charge >= 0.3 is 0 Å². The minimum Gasteiger partial charge on any atom is -0.396 e. The first-order valence-corrected chi connectivity index (χ1v) is 4.17. The molecule has 1 aromatic rings. The lowest BCUT2D eigenvalue weighted by Gasteiger charge is -2.03. The Morgan fingerprint density at radius 2 is 2.25 bits per heavy atom. The molecular weight excluding hydrogens is 152 g/mol. The number of nitrogens with zero attached hydrogens (tertiary/aromatic N) is 1. The second-order valence-corrected chi connectivity index (χ2v) is 3.17. The van der Waals surface area contributed by atoms with Gasteiger partial charge < -0.3 is 10.4 Å². The lowest BCUT2D eigenvalue weighted by atomic mass is 10.4. The molecule has 1 heterocycles. The molecule has 1 fully saturated rings. The molecular formula is C9H12N2O. The first-order valence-electron chi connectivity index (χ1n) is 4.17. The predicted molar refractivity (Wildman–Crippen MR) is 46.8 cm³/mol. The van der Waals surface area contributed by atoms with Crippen LogP contribution in [0.5, 0.6) is 0 Å². The van der Waals surface area contributed by atoms with Gasteiger partial charge in [-0.3, -0.25) is 4.98 Å². The quantitative estimate of drug-likeness (QED) is 0.697. The van der Waals surface area contributed by atoms with Crippen molar-refractivity contribution in [2.24, 2.45) is 5.92 Å². The Labute approximate surface area is 71.4 Å². The summed E-state index contributed by atoms with van der Waals surface area (Å²) in [5.74, 6) is 0.457. The van der Waals surface area contributed by atoms with Gasteiger partial charge in [-0.25, -0.2) is 0 Å². The minimum absolute atomic E-state index is 0.294. The van der Waals surface area contributed by atoms with Gasteiger partial charge in [-0.1, -0.05) is 0 Å². The lowest BCUT2D eigenvalue weighted by Crippen LogP contribution is -2.05. The van der Waals surface area contributed by atoms with Crippen LogP contribution in [0.4, 0.5) is 5.69 Å². The van der Waals surface area contributed by atoms with E-state index in [4.69, 9.17) is 5.11 Å². The van der Waals surface area contributed by atoms with Crippen LogP contribution in [-0.2, 0) is 0 Å². The van der Waals surface area contributed by atoms with Crippen LogP contribution in [0.1, 0.15) is 6.42 Å². The van der Waals surface area contributed by atoms with Crippen LogP contribution in [0.25, 0.3) is 0 Å². The van der Waals surface area contributed by atoms with Crippen molar-refractivity contribution in [3.63, 3.8) is 0 Å². The molecule has 3 nitrogen and oxygen atoms in total. The van der Waals surface area contributed by atoms with E-state index < -0.39 is 0 Å². The van der Waals surface area contributed by atoms with Crippen LogP contribution < -0.4 is 5.32 Å². The normalized spacial score (nSPS) is 26.8. The third kappa shape index (κ3) is 1.56. The third-order valence-corrected chi connectivity index (χ3v) is 2.19. The number of nitrogens with one attached hydrogen (secondary N) is 1. The smallest absolute Gasteiger partial charge is 0.0479 e. The maximum Gasteiger partial charge on any atom is 0.0479 e. The Bertz CT molecular complexity index is 250. The number of hydrogen-bond acceptors (Lipinski definition) is 3. The van der Waals surface area contributed by atoms with E-state index in [1.165, 1.54) is 0 Å². The molecule has 0 amide bonds. The Hall–Kier alpha value is -1.09. The van der Waals surface area contributed by atoms with Gasteiger partial charge in [0.15, 0.2) is 0 Å². The summed E-state index contributed by atoms with van der Waals surface area (Å²) < 4.78 is 0. The summed E-state index contributed by atoms with van der Waals surface area (Å²) in [6.45, 7) is 0.294. The number of rotatable bonds is 3. The fourth-order valence-corrected chi connectivity index (χ4v) is 1.29. The topological polar surface area (TPSA) is 45.1 Å². The Balaban J connectivity index is 1.89. The van der Waals surface area contributed by atoms with Gasteiger partial charge in [0, 0.05) is 36.6 Å². The van der Waals surface area contributed by atoms with Crippen molar-refractivity contribution in [2.75, 3.05) is 11.9 Å². The Morgan fingerprint density at radius 1 is 1.50 bits per heavy atom. The number of aliphatic hydroxyl groups excluding tert-OH is 1. The highest BCUT2D eigenvalue weighted by atomic mass is 16.3. The molecule has 12 heavy (non-hydrogen) atoms. The van der Waals surface area contributed by atoms with Crippen LogP contribution in [0.2, 0.25) is 0 Å². The number of pyridine rings is 1. The van der Waals surface area contributed by atoms with Crippen molar-refractivity contribution in [1.82, 2.24) is 4.98 Å². The Kier molecular flexibility index (Phi) is 1.96.